The summed E-state index contributed by atoms with van der Waals surface area (Å²) in [4.78, 5) is 21.3. The SMILES string of the molecule is CNCCCN(C)c1cnc(C(=O)OC)cn1. The first kappa shape index (κ1) is 13.4. The van der Waals surface area contributed by atoms with Gasteiger partial charge in [-0.1, -0.05) is 0 Å². The fourth-order valence-corrected chi connectivity index (χ4v) is 1.34. The zero-order chi connectivity index (χ0) is 12.7. The number of rotatable bonds is 6. The minimum atomic E-state index is -0.470. The highest BCUT2D eigenvalue weighted by Crippen LogP contribution is 2.07. The highest BCUT2D eigenvalue weighted by atomic mass is 16.5. The van der Waals surface area contributed by atoms with Crippen LogP contribution in [0.25, 0.3) is 0 Å². The van der Waals surface area contributed by atoms with E-state index in [9.17, 15) is 4.79 Å². The van der Waals surface area contributed by atoms with Gasteiger partial charge in [0.15, 0.2) is 5.69 Å². The van der Waals surface area contributed by atoms with Gasteiger partial charge < -0.3 is 15.0 Å². The summed E-state index contributed by atoms with van der Waals surface area (Å²) in [5.74, 6) is 0.274. The second-order valence-electron chi connectivity index (χ2n) is 3.63. The predicted octanol–water partition coefficient (Wildman–Crippen LogP) is 0.309. The Kier molecular flexibility index (Phi) is 5.35. The first-order valence-corrected chi connectivity index (χ1v) is 5.45. The van der Waals surface area contributed by atoms with E-state index in [1.54, 1.807) is 6.20 Å². The summed E-state index contributed by atoms with van der Waals surface area (Å²) in [5, 5.41) is 3.08. The highest BCUT2D eigenvalue weighted by molar-refractivity contribution is 5.86. The average molecular weight is 238 g/mol. The number of carbonyl (C=O) groups is 1. The van der Waals surface area contributed by atoms with Crippen LogP contribution >= 0.6 is 0 Å². The lowest BCUT2D eigenvalue weighted by Gasteiger charge is -2.17. The molecule has 0 saturated carbocycles. The molecular formula is C11H18N4O2. The molecule has 0 atom stereocenters. The molecule has 1 heterocycles. The molecule has 1 N–H and O–H groups in total. The molecule has 94 valence electrons. The molecule has 1 aromatic rings. The number of hydrogen-bond donors (Lipinski definition) is 1. The summed E-state index contributed by atoms with van der Waals surface area (Å²) >= 11 is 0. The van der Waals surface area contributed by atoms with E-state index in [0.29, 0.717) is 0 Å². The average Bonchev–Trinajstić information content (AvgIpc) is 2.38. The van der Waals surface area contributed by atoms with Crippen molar-refractivity contribution in [3.63, 3.8) is 0 Å². The smallest absolute Gasteiger partial charge is 0.358 e. The van der Waals surface area contributed by atoms with Crippen LogP contribution in [0.4, 0.5) is 5.82 Å². The third-order valence-corrected chi connectivity index (χ3v) is 2.34. The van der Waals surface area contributed by atoms with E-state index in [0.717, 1.165) is 25.3 Å². The lowest BCUT2D eigenvalue weighted by Crippen LogP contribution is -2.23. The summed E-state index contributed by atoms with van der Waals surface area (Å²) in [6.45, 7) is 1.84. The molecule has 1 aromatic heterocycles. The number of anilines is 1. The number of hydrogen-bond acceptors (Lipinski definition) is 6. The number of carbonyl (C=O) groups excluding carboxylic acids is 1. The third-order valence-electron chi connectivity index (χ3n) is 2.34. The Labute approximate surface area is 101 Å². The summed E-state index contributed by atoms with van der Waals surface area (Å²) < 4.78 is 4.55. The number of aromatic nitrogens is 2. The van der Waals surface area contributed by atoms with Crippen LogP contribution in [0.5, 0.6) is 0 Å². The molecule has 1 rings (SSSR count). The molecule has 0 aliphatic carbocycles. The molecule has 0 amide bonds. The van der Waals surface area contributed by atoms with Crippen molar-refractivity contribution in [2.24, 2.45) is 0 Å². The maximum atomic E-state index is 11.2. The van der Waals surface area contributed by atoms with Gasteiger partial charge in [-0.15, -0.1) is 0 Å². The Bertz CT molecular complexity index is 353. The van der Waals surface area contributed by atoms with Gasteiger partial charge in [0.1, 0.15) is 5.82 Å². The molecule has 0 unspecified atom stereocenters. The maximum Gasteiger partial charge on any atom is 0.358 e. The molecule has 0 aromatic carbocycles. The molecule has 0 aliphatic heterocycles. The fraction of sp³-hybridized carbons (Fsp3) is 0.545. The molecule has 0 bridgehead atoms. The van der Waals surface area contributed by atoms with Gasteiger partial charge in [0, 0.05) is 13.6 Å². The first-order chi connectivity index (χ1) is 8.19. The topological polar surface area (TPSA) is 67.4 Å². The van der Waals surface area contributed by atoms with Gasteiger partial charge in [-0.2, -0.15) is 0 Å². The molecule has 17 heavy (non-hydrogen) atoms. The van der Waals surface area contributed by atoms with Gasteiger partial charge in [0.2, 0.25) is 0 Å². The zero-order valence-corrected chi connectivity index (χ0v) is 10.4. The van der Waals surface area contributed by atoms with E-state index in [4.69, 9.17) is 0 Å². The Hall–Kier alpha value is -1.69. The lowest BCUT2D eigenvalue weighted by molar-refractivity contribution is 0.0593. The highest BCUT2D eigenvalue weighted by Gasteiger charge is 2.08. The van der Waals surface area contributed by atoms with E-state index >= 15 is 0 Å². The molecular weight excluding hydrogens is 220 g/mol. The Morgan fingerprint density at radius 2 is 2.24 bits per heavy atom. The third kappa shape index (κ3) is 3.99. The molecule has 0 spiro atoms. The van der Waals surface area contributed by atoms with Gasteiger partial charge in [-0.3, -0.25) is 0 Å². The van der Waals surface area contributed by atoms with Gasteiger partial charge >= 0.3 is 5.97 Å². The molecule has 0 fully saturated rings. The van der Waals surface area contributed by atoms with Crippen molar-refractivity contribution in [3.05, 3.63) is 18.1 Å². The minimum Gasteiger partial charge on any atom is -0.464 e. The zero-order valence-electron chi connectivity index (χ0n) is 10.4. The normalized spacial score (nSPS) is 10.1. The molecule has 0 saturated heterocycles. The quantitative estimate of drug-likeness (QED) is 0.568. The summed E-state index contributed by atoms with van der Waals surface area (Å²) in [6.07, 6.45) is 4.02. The van der Waals surface area contributed by atoms with Crippen molar-refractivity contribution in [3.8, 4) is 0 Å². The maximum absolute atomic E-state index is 11.2. The lowest BCUT2D eigenvalue weighted by atomic mass is 10.4. The van der Waals surface area contributed by atoms with Crippen LogP contribution in [0.3, 0.4) is 0 Å². The summed E-state index contributed by atoms with van der Waals surface area (Å²) in [5.41, 5.74) is 0.222. The molecule has 6 heteroatoms. The van der Waals surface area contributed by atoms with E-state index in [1.165, 1.54) is 13.3 Å². The van der Waals surface area contributed by atoms with Gasteiger partial charge in [0.05, 0.1) is 19.5 Å². The van der Waals surface area contributed by atoms with Gasteiger partial charge in [-0.25, -0.2) is 14.8 Å². The van der Waals surface area contributed by atoms with E-state index in [1.807, 2.05) is 19.0 Å². The number of nitrogens with one attached hydrogen (secondary N) is 1. The Morgan fingerprint density at radius 3 is 2.76 bits per heavy atom. The minimum absolute atomic E-state index is 0.222. The van der Waals surface area contributed by atoms with E-state index in [-0.39, 0.29) is 5.69 Å². The van der Waals surface area contributed by atoms with Gasteiger partial charge in [-0.05, 0) is 20.0 Å². The van der Waals surface area contributed by atoms with E-state index in [2.05, 4.69) is 20.0 Å². The van der Waals surface area contributed by atoms with Crippen LogP contribution in [0.15, 0.2) is 12.4 Å². The second-order valence-corrected chi connectivity index (χ2v) is 3.63. The molecule has 6 nitrogen and oxygen atoms in total. The summed E-state index contributed by atoms with van der Waals surface area (Å²) in [7, 11) is 5.18. The Morgan fingerprint density at radius 1 is 1.47 bits per heavy atom. The van der Waals surface area contributed by atoms with Crippen LogP contribution < -0.4 is 10.2 Å². The second kappa shape index (κ2) is 6.80. The van der Waals surface area contributed by atoms with Crippen molar-refractivity contribution < 1.29 is 9.53 Å². The molecule has 0 aliphatic rings. The number of nitrogens with zero attached hydrogens (tertiary/aromatic N) is 3. The largest absolute Gasteiger partial charge is 0.464 e. The van der Waals surface area contributed by atoms with Crippen LogP contribution in [0.2, 0.25) is 0 Å². The molecule has 0 radical (unpaired) electrons. The van der Waals surface area contributed by atoms with Crippen LogP contribution in [-0.4, -0.2) is 50.2 Å². The van der Waals surface area contributed by atoms with Crippen LogP contribution in [-0.2, 0) is 4.74 Å². The van der Waals surface area contributed by atoms with Crippen LogP contribution in [0, 0.1) is 0 Å². The number of ether oxygens (including phenoxy) is 1. The Balaban J connectivity index is 2.57. The fourth-order valence-electron chi connectivity index (χ4n) is 1.34. The van der Waals surface area contributed by atoms with Crippen LogP contribution in [0.1, 0.15) is 16.9 Å². The van der Waals surface area contributed by atoms with Crippen molar-refractivity contribution >= 4 is 11.8 Å². The number of esters is 1. The summed E-state index contributed by atoms with van der Waals surface area (Å²) in [6, 6.07) is 0. The van der Waals surface area contributed by atoms with Crippen molar-refractivity contribution in [2.45, 2.75) is 6.42 Å². The van der Waals surface area contributed by atoms with E-state index < -0.39 is 5.97 Å². The number of methoxy groups -OCH3 is 1. The standard InChI is InChI=1S/C11H18N4O2/c1-12-5-4-6-15(2)10-8-13-9(7-14-10)11(16)17-3/h7-8,12H,4-6H2,1-3H3. The monoisotopic (exact) mass is 238 g/mol. The predicted molar refractivity (Wildman–Crippen MR) is 65.2 cm³/mol. The van der Waals surface area contributed by atoms with Crippen molar-refractivity contribution in [1.82, 2.24) is 15.3 Å². The van der Waals surface area contributed by atoms with Crippen molar-refractivity contribution in [2.75, 3.05) is 39.2 Å². The first-order valence-electron chi connectivity index (χ1n) is 5.45. The van der Waals surface area contributed by atoms with Crippen molar-refractivity contribution in [1.29, 1.82) is 0 Å². The van der Waals surface area contributed by atoms with Gasteiger partial charge in [0.25, 0.3) is 0 Å².